The molecule has 1 aromatic rings. The summed E-state index contributed by atoms with van der Waals surface area (Å²) in [6.45, 7) is 3.65. The van der Waals surface area contributed by atoms with Crippen molar-refractivity contribution in [1.29, 1.82) is 0 Å². The number of aromatic nitrogens is 1. The van der Waals surface area contributed by atoms with Gasteiger partial charge in [-0.3, -0.25) is 0 Å². The Hall–Kier alpha value is -1.37. The van der Waals surface area contributed by atoms with E-state index < -0.39 is 0 Å². The van der Waals surface area contributed by atoms with Crippen LogP contribution in [0.1, 0.15) is 18.5 Å². The van der Waals surface area contributed by atoms with E-state index >= 15 is 0 Å². The summed E-state index contributed by atoms with van der Waals surface area (Å²) in [7, 11) is 0. The highest BCUT2D eigenvalue weighted by Crippen LogP contribution is 2.23. The molecule has 3 rings (SSSR count). The molecule has 2 aliphatic rings. The molecular weight excluding hydrogens is 256 g/mol. The van der Waals surface area contributed by atoms with Crippen molar-refractivity contribution in [2.45, 2.75) is 31.6 Å². The largest absolute Gasteiger partial charge is 0.399 e. The van der Waals surface area contributed by atoms with Crippen LogP contribution in [0.25, 0.3) is 0 Å². The molecule has 2 fully saturated rings. The fraction of sp³-hybridized carbons (Fsp3) is 0.643. The first kappa shape index (κ1) is 13.6. The average Bonchev–Trinajstić information content (AvgIpc) is 2.46. The lowest BCUT2D eigenvalue weighted by molar-refractivity contribution is -0.0258. The molecule has 0 aromatic carbocycles. The second-order valence-corrected chi connectivity index (χ2v) is 5.44. The van der Waals surface area contributed by atoms with Gasteiger partial charge in [0.1, 0.15) is 5.82 Å². The third kappa shape index (κ3) is 3.03. The van der Waals surface area contributed by atoms with Gasteiger partial charge in [-0.2, -0.15) is 0 Å². The van der Waals surface area contributed by atoms with Crippen LogP contribution in [0.2, 0.25) is 0 Å². The van der Waals surface area contributed by atoms with Gasteiger partial charge in [0.25, 0.3) is 0 Å². The Kier molecular flexibility index (Phi) is 4.05. The zero-order chi connectivity index (χ0) is 13.9. The van der Waals surface area contributed by atoms with Crippen LogP contribution in [0, 0.1) is 0 Å². The van der Waals surface area contributed by atoms with Crippen molar-refractivity contribution in [3.8, 4) is 0 Å². The first-order valence-electron chi connectivity index (χ1n) is 7.19. The molecule has 0 unspecified atom stereocenters. The number of anilines is 2. The molecule has 1 aliphatic heterocycles. The molecule has 4 N–H and O–H groups in total. The normalized spacial score (nSPS) is 26.4. The van der Waals surface area contributed by atoms with Crippen LogP contribution in [0.5, 0.6) is 0 Å². The molecule has 1 saturated carbocycles. The van der Waals surface area contributed by atoms with Crippen molar-refractivity contribution >= 4 is 11.5 Å². The molecule has 0 bridgehead atoms. The van der Waals surface area contributed by atoms with Gasteiger partial charge in [-0.1, -0.05) is 0 Å². The summed E-state index contributed by atoms with van der Waals surface area (Å²) < 4.78 is 11.1. The predicted molar refractivity (Wildman–Crippen MR) is 77.5 cm³/mol. The summed E-state index contributed by atoms with van der Waals surface area (Å²) in [6.07, 6.45) is 2.26. The summed E-state index contributed by atoms with van der Waals surface area (Å²) in [4.78, 5) is 6.83. The molecule has 0 amide bonds. The zero-order valence-corrected chi connectivity index (χ0v) is 11.6. The van der Waals surface area contributed by atoms with Crippen LogP contribution >= 0.6 is 0 Å². The van der Waals surface area contributed by atoms with Crippen molar-refractivity contribution in [1.82, 2.24) is 4.98 Å². The lowest BCUT2D eigenvalue weighted by Gasteiger charge is -2.33. The SMILES string of the molecule is Nc1cc(CO[C@@H]2CC[C@H]2N)nc(N2CCOCC2)c1. The van der Waals surface area contributed by atoms with E-state index in [4.69, 9.17) is 20.9 Å². The maximum absolute atomic E-state index is 5.97. The molecule has 110 valence electrons. The van der Waals surface area contributed by atoms with Crippen molar-refractivity contribution in [3.63, 3.8) is 0 Å². The van der Waals surface area contributed by atoms with Crippen molar-refractivity contribution in [2.75, 3.05) is 36.9 Å². The second-order valence-electron chi connectivity index (χ2n) is 5.44. The molecule has 6 heteroatoms. The maximum atomic E-state index is 5.97. The molecule has 2 heterocycles. The lowest BCUT2D eigenvalue weighted by Crippen LogP contribution is -2.45. The number of rotatable bonds is 4. The second kappa shape index (κ2) is 5.95. The van der Waals surface area contributed by atoms with Crippen LogP contribution in [0.3, 0.4) is 0 Å². The first-order chi connectivity index (χ1) is 9.72. The molecule has 1 aromatic heterocycles. The van der Waals surface area contributed by atoms with Gasteiger partial charge in [0.05, 0.1) is 31.6 Å². The van der Waals surface area contributed by atoms with Gasteiger partial charge in [-0.25, -0.2) is 4.98 Å². The van der Waals surface area contributed by atoms with E-state index in [2.05, 4.69) is 9.88 Å². The highest BCUT2D eigenvalue weighted by Gasteiger charge is 2.28. The molecule has 2 atom stereocenters. The quantitative estimate of drug-likeness (QED) is 0.834. The van der Waals surface area contributed by atoms with E-state index in [1.54, 1.807) is 0 Å². The van der Waals surface area contributed by atoms with Crippen LogP contribution in [-0.4, -0.2) is 43.4 Å². The highest BCUT2D eigenvalue weighted by atomic mass is 16.5. The number of nitrogens with two attached hydrogens (primary N) is 2. The van der Waals surface area contributed by atoms with Crippen molar-refractivity contribution in [2.24, 2.45) is 5.73 Å². The van der Waals surface area contributed by atoms with E-state index in [1.807, 2.05) is 12.1 Å². The summed E-state index contributed by atoms with van der Waals surface area (Å²) in [5, 5.41) is 0. The van der Waals surface area contributed by atoms with Gasteiger partial charge >= 0.3 is 0 Å². The number of morpholine rings is 1. The zero-order valence-electron chi connectivity index (χ0n) is 11.6. The van der Waals surface area contributed by atoms with Crippen LogP contribution in [0.4, 0.5) is 11.5 Å². The molecule has 6 nitrogen and oxygen atoms in total. The number of ether oxygens (including phenoxy) is 2. The average molecular weight is 278 g/mol. The third-order valence-electron chi connectivity index (χ3n) is 3.93. The Labute approximate surface area is 119 Å². The Morgan fingerprint density at radius 1 is 1.30 bits per heavy atom. The number of hydrogen-bond acceptors (Lipinski definition) is 6. The lowest BCUT2D eigenvalue weighted by atomic mass is 9.90. The first-order valence-corrected chi connectivity index (χ1v) is 7.19. The predicted octanol–water partition coefficient (Wildman–Crippen LogP) is 0.507. The minimum atomic E-state index is 0.171. The molecule has 1 saturated heterocycles. The van der Waals surface area contributed by atoms with Crippen molar-refractivity contribution in [3.05, 3.63) is 17.8 Å². The fourth-order valence-corrected chi connectivity index (χ4v) is 2.52. The van der Waals surface area contributed by atoms with E-state index in [1.165, 1.54) is 0 Å². The molecule has 1 aliphatic carbocycles. The van der Waals surface area contributed by atoms with Crippen LogP contribution in [0.15, 0.2) is 12.1 Å². The van der Waals surface area contributed by atoms with Gasteiger partial charge in [0.2, 0.25) is 0 Å². The number of pyridine rings is 1. The number of hydrogen-bond donors (Lipinski definition) is 2. The minimum absolute atomic E-state index is 0.171. The van der Waals surface area contributed by atoms with Gasteiger partial charge in [0.15, 0.2) is 0 Å². The Bertz CT molecular complexity index is 462. The van der Waals surface area contributed by atoms with Gasteiger partial charge < -0.3 is 25.8 Å². The van der Waals surface area contributed by atoms with Gasteiger partial charge in [-0.15, -0.1) is 0 Å². The summed E-state index contributed by atoms with van der Waals surface area (Å²) in [5.41, 5.74) is 13.4. The maximum Gasteiger partial charge on any atom is 0.131 e. The Balaban J connectivity index is 1.66. The third-order valence-corrected chi connectivity index (χ3v) is 3.93. The number of nitrogen functional groups attached to an aromatic ring is 1. The summed E-state index contributed by atoms with van der Waals surface area (Å²) >= 11 is 0. The van der Waals surface area contributed by atoms with E-state index in [9.17, 15) is 0 Å². The fourth-order valence-electron chi connectivity index (χ4n) is 2.52. The van der Waals surface area contributed by atoms with Crippen LogP contribution in [-0.2, 0) is 16.1 Å². The minimum Gasteiger partial charge on any atom is -0.399 e. The Morgan fingerprint density at radius 3 is 2.75 bits per heavy atom. The molecule has 0 spiro atoms. The van der Waals surface area contributed by atoms with Crippen molar-refractivity contribution < 1.29 is 9.47 Å². The van der Waals surface area contributed by atoms with E-state index in [-0.39, 0.29) is 12.1 Å². The molecule has 0 radical (unpaired) electrons. The molecular formula is C14H22N4O2. The Morgan fingerprint density at radius 2 is 2.10 bits per heavy atom. The highest BCUT2D eigenvalue weighted by molar-refractivity contribution is 5.52. The number of nitrogens with zero attached hydrogens (tertiary/aromatic N) is 2. The summed E-state index contributed by atoms with van der Waals surface area (Å²) in [6, 6.07) is 3.95. The van der Waals surface area contributed by atoms with E-state index in [0.717, 1.165) is 56.3 Å². The topological polar surface area (TPSA) is 86.6 Å². The summed E-state index contributed by atoms with van der Waals surface area (Å²) in [5.74, 6) is 0.907. The van der Waals surface area contributed by atoms with Gasteiger partial charge in [-0.05, 0) is 18.9 Å². The smallest absolute Gasteiger partial charge is 0.131 e. The monoisotopic (exact) mass is 278 g/mol. The standard InChI is InChI=1S/C14H22N4O2/c15-10-7-11(9-20-13-2-1-12(13)16)17-14(8-10)18-3-5-19-6-4-18/h7-8,12-13H,1-6,9,16H2,(H2,15,17)/t12-,13-/m1/s1. The van der Waals surface area contributed by atoms with Gasteiger partial charge in [0, 0.05) is 30.9 Å². The molecule has 20 heavy (non-hydrogen) atoms. The van der Waals surface area contributed by atoms with Crippen LogP contribution < -0.4 is 16.4 Å². The van der Waals surface area contributed by atoms with E-state index in [0.29, 0.717) is 6.61 Å².